The lowest BCUT2D eigenvalue weighted by Gasteiger charge is -2.27. The van der Waals surface area contributed by atoms with Crippen LogP contribution in [0.5, 0.6) is 5.75 Å². The predicted molar refractivity (Wildman–Crippen MR) is 91.9 cm³/mol. The second-order valence-corrected chi connectivity index (χ2v) is 6.75. The van der Waals surface area contributed by atoms with Crippen molar-refractivity contribution in [2.24, 2.45) is 0 Å². The molecule has 1 aliphatic heterocycles. The summed E-state index contributed by atoms with van der Waals surface area (Å²) < 4.78 is 42.9. The highest BCUT2D eigenvalue weighted by Gasteiger charge is 2.31. The lowest BCUT2D eigenvalue weighted by atomic mass is 9.83. The number of hydrogen-bond acceptors (Lipinski definition) is 4. The van der Waals surface area contributed by atoms with Gasteiger partial charge in [0.2, 0.25) is 0 Å². The average molecular weight is 366 g/mol. The van der Waals surface area contributed by atoms with Gasteiger partial charge in [-0.2, -0.15) is 5.10 Å². The molecule has 2 aromatic rings. The molecule has 1 aromatic heterocycles. The van der Waals surface area contributed by atoms with Crippen LogP contribution in [0.15, 0.2) is 30.3 Å². The van der Waals surface area contributed by atoms with Crippen molar-refractivity contribution in [3.8, 4) is 11.4 Å². The SMILES string of the molecule is FC(F)(F)Oc1ccc(-n2nc(N3CCNCC3)cc2C2CCC2)cc1. The molecule has 1 aliphatic carbocycles. The number of aromatic nitrogens is 2. The number of benzene rings is 1. The zero-order valence-corrected chi connectivity index (χ0v) is 14.3. The van der Waals surface area contributed by atoms with Crippen LogP contribution in [0, 0.1) is 0 Å². The van der Waals surface area contributed by atoms with Gasteiger partial charge in [-0.05, 0) is 37.1 Å². The Hall–Kier alpha value is -2.22. The van der Waals surface area contributed by atoms with Crippen LogP contribution in [0.25, 0.3) is 5.69 Å². The van der Waals surface area contributed by atoms with E-state index in [0.717, 1.165) is 56.2 Å². The molecule has 140 valence electrons. The molecular weight excluding hydrogens is 345 g/mol. The lowest BCUT2D eigenvalue weighted by molar-refractivity contribution is -0.274. The Balaban J connectivity index is 1.62. The first-order chi connectivity index (χ1) is 12.5. The van der Waals surface area contributed by atoms with Gasteiger partial charge in [0.1, 0.15) is 5.75 Å². The molecular formula is C18H21F3N4O. The van der Waals surface area contributed by atoms with Gasteiger partial charge in [-0.25, -0.2) is 4.68 Å². The Bertz CT molecular complexity index is 747. The smallest absolute Gasteiger partial charge is 0.406 e. The quantitative estimate of drug-likeness (QED) is 0.900. The van der Waals surface area contributed by atoms with E-state index in [2.05, 4.69) is 21.0 Å². The second-order valence-electron chi connectivity index (χ2n) is 6.75. The molecule has 0 bridgehead atoms. The number of nitrogens with one attached hydrogen (secondary N) is 1. The third kappa shape index (κ3) is 3.65. The molecule has 0 amide bonds. The minimum atomic E-state index is -4.68. The second kappa shape index (κ2) is 6.83. The molecule has 0 radical (unpaired) electrons. The number of halogens is 3. The number of nitrogens with zero attached hydrogens (tertiary/aromatic N) is 3. The average Bonchev–Trinajstić information content (AvgIpc) is 2.98. The predicted octanol–water partition coefficient (Wildman–Crippen LogP) is 3.45. The Kier molecular flexibility index (Phi) is 4.52. The third-order valence-corrected chi connectivity index (χ3v) is 5.00. The highest BCUT2D eigenvalue weighted by Crippen LogP contribution is 2.39. The molecule has 8 heteroatoms. The number of rotatable bonds is 4. The molecule has 0 unspecified atom stereocenters. The van der Waals surface area contributed by atoms with Crippen LogP contribution in [0.2, 0.25) is 0 Å². The molecule has 1 aromatic carbocycles. The van der Waals surface area contributed by atoms with Crippen LogP contribution in [0.3, 0.4) is 0 Å². The van der Waals surface area contributed by atoms with Gasteiger partial charge < -0.3 is 15.0 Å². The molecule has 0 atom stereocenters. The maximum absolute atomic E-state index is 12.3. The van der Waals surface area contributed by atoms with Crippen LogP contribution < -0.4 is 15.0 Å². The standard InChI is InChI=1S/C18H21F3N4O/c19-18(20,21)26-15-6-4-14(5-7-15)25-16(13-2-1-3-13)12-17(23-25)24-10-8-22-9-11-24/h4-7,12-13,22H,1-3,8-11H2. The van der Waals surface area contributed by atoms with Crippen LogP contribution in [-0.4, -0.2) is 42.3 Å². The Morgan fingerprint density at radius 1 is 1.08 bits per heavy atom. The lowest BCUT2D eigenvalue weighted by Crippen LogP contribution is -2.43. The van der Waals surface area contributed by atoms with Gasteiger partial charge in [0, 0.05) is 43.9 Å². The zero-order valence-electron chi connectivity index (χ0n) is 14.3. The number of hydrogen-bond donors (Lipinski definition) is 1. The first kappa shape index (κ1) is 17.2. The largest absolute Gasteiger partial charge is 0.573 e. The minimum absolute atomic E-state index is 0.221. The van der Waals surface area contributed by atoms with Crippen molar-refractivity contribution in [2.75, 3.05) is 31.1 Å². The summed E-state index contributed by atoms with van der Waals surface area (Å²) in [5.74, 6) is 1.18. The zero-order chi connectivity index (χ0) is 18.1. The molecule has 4 rings (SSSR count). The summed E-state index contributed by atoms with van der Waals surface area (Å²) in [6.45, 7) is 3.66. The van der Waals surface area contributed by atoms with Crippen LogP contribution >= 0.6 is 0 Å². The van der Waals surface area contributed by atoms with Gasteiger partial charge >= 0.3 is 6.36 Å². The van der Waals surface area contributed by atoms with Crippen LogP contribution in [0.1, 0.15) is 30.9 Å². The van der Waals surface area contributed by atoms with Crippen molar-refractivity contribution in [1.29, 1.82) is 0 Å². The number of alkyl halides is 3. The molecule has 26 heavy (non-hydrogen) atoms. The maximum atomic E-state index is 12.3. The number of piperazine rings is 1. The van der Waals surface area contributed by atoms with Gasteiger partial charge in [-0.1, -0.05) is 6.42 Å². The fourth-order valence-electron chi connectivity index (χ4n) is 3.42. The Morgan fingerprint density at radius 2 is 1.77 bits per heavy atom. The van der Waals surface area contributed by atoms with E-state index < -0.39 is 6.36 Å². The normalized spacial score (nSPS) is 18.7. The topological polar surface area (TPSA) is 42.3 Å². The summed E-state index contributed by atoms with van der Waals surface area (Å²) in [4.78, 5) is 2.25. The summed E-state index contributed by atoms with van der Waals surface area (Å²) in [6.07, 6.45) is -1.22. The summed E-state index contributed by atoms with van der Waals surface area (Å²) in [5.41, 5.74) is 1.89. The first-order valence-electron chi connectivity index (χ1n) is 8.91. The first-order valence-corrected chi connectivity index (χ1v) is 8.91. The fraction of sp³-hybridized carbons (Fsp3) is 0.500. The van der Waals surface area contributed by atoms with Crippen molar-refractivity contribution in [2.45, 2.75) is 31.5 Å². The minimum Gasteiger partial charge on any atom is -0.406 e. The number of ether oxygens (including phenoxy) is 1. The monoisotopic (exact) mass is 366 g/mol. The van der Waals surface area contributed by atoms with Crippen LogP contribution in [0.4, 0.5) is 19.0 Å². The molecule has 0 spiro atoms. The van der Waals surface area contributed by atoms with Crippen molar-refractivity contribution in [3.05, 3.63) is 36.0 Å². The van der Waals surface area contributed by atoms with E-state index in [1.54, 1.807) is 12.1 Å². The summed E-state index contributed by atoms with van der Waals surface area (Å²) in [6, 6.07) is 8.05. The van der Waals surface area contributed by atoms with Gasteiger partial charge in [0.25, 0.3) is 0 Å². The molecule has 1 saturated carbocycles. The van der Waals surface area contributed by atoms with Crippen molar-refractivity contribution in [1.82, 2.24) is 15.1 Å². The summed E-state index contributed by atoms with van der Waals surface area (Å²) in [5, 5.41) is 8.09. The molecule has 2 aliphatic rings. The Labute approximate surface area is 149 Å². The van der Waals surface area contributed by atoms with Gasteiger partial charge in [-0.3, -0.25) is 0 Å². The summed E-state index contributed by atoms with van der Waals surface area (Å²) >= 11 is 0. The van der Waals surface area contributed by atoms with Crippen LogP contribution in [-0.2, 0) is 0 Å². The van der Waals surface area contributed by atoms with E-state index in [4.69, 9.17) is 5.10 Å². The molecule has 1 N–H and O–H groups in total. The van der Waals surface area contributed by atoms with Gasteiger partial charge in [0.15, 0.2) is 5.82 Å². The molecule has 2 fully saturated rings. The van der Waals surface area contributed by atoms with E-state index in [9.17, 15) is 13.2 Å². The van der Waals surface area contributed by atoms with Gasteiger partial charge in [0.05, 0.1) is 5.69 Å². The van der Waals surface area contributed by atoms with Crippen molar-refractivity contribution in [3.63, 3.8) is 0 Å². The molecule has 2 heterocycles. The maximum Gasteiger partial charge on any atom is 0.573 e. The third-order valence-electron chi connectivity index (χ3n) is 5.00. The van der Waals surface area contributed by atoms with Crippen molar-refractivity contribution < 1.29 is 17.9 Å². The summed E-state index contributed by atoms with van der Waals surface area (Å²) in [7, 11) is 0. The van der Waals surface area contributed by atoms with E-state index in [0.29, 0.717) is 5.92 Å². The van der Waals surface area contributed by atoms with E-state index in [-0.39, 0.29) is 5.75 Å². The molecule has 5 nitrogen and oxygen atoms in total. The van der Waals surface area contributed by atoms with E-state index >= 15 is 0 Å². The fourth-order valence-corrected chi connectivity index (χ4v) is 3.42. The highest BCUT2D eigenvalue weighted by atomic mass is 19.4. The van der Waals surface area contributed by atoms with Crippen molar-refractivity contribution >= 4 is 5.82 Å². The Morgan fingerprint density at radius 3 is 2.35 bits per heavy atom. The van der Waals surface area contributed by atoms with E-state index in [1.807, 2.05) is 4.68 Å². The number of anilines is 1. The molecule has 1 saturated heterocycles. The van der Waals surface area contributed by atoms with E-state index in [1.165, 1.54) is 18.6 Å². The highest BCUT2D eigenvalue weighted by molar-refractivity contribution is 5.47. The van der Waals surface area contributed by atoms with Gasteiger partial charge in [-0.15, -0.1) is 13.2 Å².